The molecule has 82 valence electrons. The van der Waals surface area contributed by atoms with Crippen LogP contribution in [0.4, 0.5) is 0 Å². The van der Waals surface area contributed by atoms with Crippen LogP contribution in [0, 0.1) is 0 Å². The Morgan fingerprint density at radius 3 is 2.56 bits per heavy atom. The number of para-hydroxylation sites is 1. The van der Waals surface area contributed by atoms with Gasteiger partial charge in [-0.25, -0.2) is 4.79 Å². The van der Waals surface area contributed by atoms with Gasteiger partial charge in [-0.05, 0) is 23.6 Å². The zero-order chi connectivity index (χ0) is 11.4. The highest BCUT2D eigenvalue weighted by atomic mass is 32.1. The molecule has 1 heterocycles. The van der Waals surface area contributed by atoms with E-state index in [0.717, 1.165) is 0 Å². The van der Waals surface area contributed by atoms with E-state index in [1.54, 1.807) is 41.8 Å². The normalized spacial score (nSPS) is 12.1. The molecule has 16 heavy (non-hydrogen) atoms. The number of thiophene rings is 1. The van der Waals surface area contributed by atoms with Crippen molar-refractivity contribution in [1.82, 2.24) is 0 Å². The number of benzene rings is 1. The zero-order valence-electron chi connectivity index (χ0n) is 8.37. The summed E-state index contributed by atoms with van der Waals surface area (Å²) in [6, 6.07) is 12.2. The molecule has 0 aliphatic rings. The molecule has 0 aliphatic carbocycles. The minimum atomic E-state index is -1.21. The largest absolute Gasteiger partial charge is 0.424 e. The fourth-order valence-electron chi connectivity index (χ4n) is 1.22. The number of carbonyl (C=O) groups excluding carboxylic acids is 1. The second-order valence-electron chi connectivity index (χ2n) is 3.15. The van der Waals surface area contributed by atoms with Crippen molar-refractivity contribution < 1.29 is 14.6 Å². The lowest BCUT2D eigenvalue weighted by atomic mass is 10.3. The van der Waals surface area contributed by atoms with Crippen LogP contribution in [0.2, 0.25) is 0 Å². The van der Waals surface area contributed by atoms with Crippen LogP contribution in [0.3, 0.4) is 0 Å². The summed E-state index contributed by atoms with van der Waals surface area (Å²) in [5.41, 5.74) is 0. The van der Waals surface area contributed by atoms with Crippen LogP contribution in [0.5, 0.6) is 5.75 Å². The average molecular weight is 234 g/mol. The third-order valence-electron chi connectivity index (χ3n) is 2.00. The first-order valence-corrected chi connectivity index (χ1v) is 5.63. The fraction of sp³-hybridized carbons (Fsp3) is 0.0833. The Labute approximate surface area is 96.9 Å². The Kier molecular flexibility index (Phi) is 3.34. The van der Waals surface area contributed by atoms with Gasteiger partial charge in [0.2, 0.25) is 0 Å². The van der Waals surface area contributed by atoms with E-state index < -0.39 is 12.1 Å². The van der Waals surface area contributed by atoms with E-state index in [-0.39, 0.29) is 0 Å². The average Bonchev–Trinajstić information content (AvgIpc) is 2.83. The van der Waals surface area contributed by atoms with Crippen molar-refractivity contribution in [2.24, 2.45) is 0 Å². The van der Waals surface area contributed by atoms with Gasteiger partial charge in [-0.15, -0.1) is 11.3 Å². The second-order valence-corrected chi connectivity index (χ2v) is 4.13. The van der Waals surface area contributed by atoms with Crippen LogP contribution in [-0.4, -0.2) is 11.1 Å². The van der Waals surface area contributed by atoms with Crippen LogP contribution in [0.25, 0.3) is 0 Å². The smallest absolute Gasteiger partial charge is 0.345 e. The van der Waals surface area contributed by atoms with Gasteiger partial charge in [0.05, 0.1) is 0 Å². The van der Waals surface area contributed by atoms with Crippen molar-refractivity contribution >= 4 is 17.3 Å². The Hall–Kier alpha value is -1.65. The van der Waals surface area contributed by atoms with Crippen molar-refractivity contribution in [2.45, 2.75) is 6.10 Å². The van der Waals surface area contributed by atoms with Gasteiger partial charge in [0.25, 0.3) is 0 Å². The molecule has 0 saturated heterocycles. The Morgan fingerprint density at radius 1 is 1.19 bits per heavy atom. The lowest BCUT2D eigenvalue weighted by molar-refractivity contribution is -0.143. The van der Waals surface area contributed by atoms with Crippen LogP contribution in [0.15, 0.2) is 47.8 Å². The van der Waals surface area contributed by atoms with Crippen LogP contribution in [0.1, 0.15) is 11.0 Å². The highest BCUT2D eigenvalue weighted by molar-refractivity contribution is 7.10. The molecule has 0 amide bonds. The molecule has 0 radical (unpaired) electrons. The van der Waals surface area contributed by atoms with Crippen molar-refractivity contribution in [3.63, 3.8) is 0 Å². The molecular formula is C12H10O3S. The molecule has 1 aromatic carbocycles. The maximum absolute atomic E-state index is 11.5. The topological polar surface area (TPSA) is 46.5 Å². The number of ether oxygens (including phenoxy) is 1. The minimum Gasteiger partial charge on any atom is -0.424 e. The van der Waals surface area contributed by atoms with E-state index in [1.807, 2.05) is 6.07 Å². The lowest BCUT2D eigenvalue weighted by Crippen LogP contribution is -2.17. The molecule has 0 bridgehead atoms. The van der Waals surface area contributed by atoms with Gasteiger partial charge in [0.1, 0.15) is 5.75 Å². The fourth-order valence-corrected chi connectivity index (χ4v) is 1.92. The van der Waals surface area contributed by atoms with Crippen molar-refractivity contribution in [2.75, 3.05) is 0 Å². The highest BCUT2D eigenvalue weighted by Crippen LogP contribution is 2.21. The third kappa shape index (κ3) is 2.48. The predicted octanol–water partition coefficient (Wildman–Crippen LogP) is 2.39. The summed E-state index contributed by atoms with van der Waals surface area (Å²) in [6.07, 6.45) is -1.21. The predicted molar refractivity (Wildman–Crippen MR) is 61.4 cm³/mol. The third-order valence-corrected chi connectivity index (χ3v) is 2.92. The van der Waals surface area contributed by atoms with Crippen LogP contribution >= 0.6 is 11.3 Å². The SMILES string of the molecule is O=C(Oc1ccccc1)C(O)c1cccs1. The number of hydrogen-bond donors (Lipinski definition) is 1. The molecule has 3 nitrogen and oxygen atoms in total. The van der Waals surface area contributed by atoms with E-state index in [0.29, 0.717) is 10.6 Å². The highest BCUT2D eigenvalue weighted by Gasteiger charge is 2.20. The number of rotatable bonds is 3. The Morgan fingerprint density at radius 2 is 1.94 bits per heavy atom. The maximum atomic E-state index is 11.5. The summed E-state index contributed by atoms with van der Waals surface area (Å²) in [5.74, 6) is -0.225. The molecule has 0 spiro atoms. The van der Waals surface area contributed by atoms with Gasteiger partial charge >= 0.3 is 5.97 Å². The summed E-state index contributed by atoms with van der Waals surface area (Å²) >= 11 is 1.32. The molecule has 1 aromatic heterocycles. The molecule has 2 rings (SSSR count). The van der Waals surface area contributed by atoms with Crippen molar-refractivity contribution in [3.05, 3.63) is 52.7 Å². The molecule has 4 heteroatoms. The monoisotopic (exact) mass is 234 g/mol. The number of hydrogen-bond acceptors (Lipinski definition) is 4. The summed E-state index contributed by atoms with van der Waals surface area (Å²) in [6.45, 7) is 0. The molecule has 1 unspecified atom stereocenters. The lowest BCUT2D eigenvalue weighted by Gasteiger charge is -2.08. The van der Waals surface area contributed by atoms with Crippen molar-refractivity contribution in [1.29, 1.82) is 0 Å². The zero-order valence-corrected chi connectivity index (χ0v) is 9.18. The molecule has 0 aliphatic heterocycles. The van der Waals surface area contributed by atoms with Gasteiger partial charge in [0.15, 0.2) is 6.10 Å². The number of esters is 1. The van der Waals surface area contributed by atoms with Gasteiger partial charge in [-0.2, -0.15) is 0 Å². The first kappa shape index (κ1) is 10.9. The van der Waals surface area contributed by atoms with Crippen LogP contribution < -0.4 is 4.74 Å². The van der Waals surface area contributed by atoms with Gasteiger partial charge < -0.3 is 9.84 Å². The van der Waals surface area contributed by atoms with E-state index >= 15 is 0 Å². The number of aliphatic hydroxyl groups excluding tert-OH is 1. The summed E-state index contributed by atoms with van der Waals surface area (Å²) in [4.78, 5) is 12.1. The van der Waals surface area contributed by atoms with Crippen molar-refractivity contribution in [3.8, 4) is 5.75 Å². The maximum Gasteiger partial charge on any atom is 0.345 e. The summed E-state index contributed by atoms with van der Waals surface area (Å²) in [5, 5.41) is 11.5. The van der Waals surface area contributed by atoms with E-state index in [4.69, 9.17) is 4.74 Å². The quantitative estimate of drug-likeness (QED) is 0.655. The van der Waals surface area contributed by atoms with Gasteiger partial charge in [-0.3, -0.25) is 0 Å². The van der Waals surface area contributed by atoms with E-state index in [2.05, 4.69) is 0 Å². The van der Waals surface area contributed by atoms with Gasteiger partial charge in [0, 0.05) is 4.88 Å². The summed E-state index contributed by atoms with van der Waals surface area (Å²) in [7, 11) is 0. The minimum absolute atomic E-state index is 0.433. The standard InChI is InChI=1S/C12H10O3S/c13-11(10-7-4-8-16-10)12(14)15-9-5-2-1-3-6-9/h1-8,11,13H. The Balaban J connectivity index is 2.04. The number of carbonyl (C=O) groups is 1. The van der Waals surface area contributed by atoms with E-state index in [1.165, 1.54) is 11.3 Å². The molecule has 0 saturated carbocycles. The summed E-state index contributed by atoms with van der Waals surface area (Å²) < 4.78 is 5.02. The van der Waals surface area contributed by atoms with E-state index in [9.17, 15) is 9.90 Å². The number of aliphatic hydroxyl groups is 1. The molecule has 1 atom stereocenters. The molecule has 1 N–H and O–H groups in total. The molecular weight excluding hydrogens is 224 g/mol. The van der Waals surface area contributed by atoms with Crippen LogP contribution in [-0.2, 0) is 4.79 Å². The first-order valence-electron chi connectivity index (χ1n) is 4.75. The first-order chi connectivity index (χ1) is 7.77. The van der Waals surface area contributed by atoms with Gasteiger partial charge in [-0.1, -0.05) is 24.3 Å². The Bertz CT molecular complexity index is 450. The second kappa shape index (κ2) is 4.92. The molecule has 0 fully saturated rings. The molecule has 2 aromatic rings.